The van der Waals surface area contributed by atoms with E-state index in [1.54, 1.807) is 30.3 Å². The minimum atomic E-state index is -1.55. The second-order valence-electron chi connectivity index (χ2n) is 5.38. The van der Waals surface area contributed by atoms with Gasteiger partial charge >= 0.3 is 5.97 Å². The molecule has 0 atom stereocenters. The molecule has 3 rings (SSSR count). The molecular weight excluding hydrogens is 340 g/mol. The number of ether oxygens (including phenoxy) is 1. The third kappa shape index (κ3) is 3.07. The van der Waals surface area contributed by atoms with Crippen molar-refractivity contribution < 1.29 is 24.9 Å². The molecule has 0 amide bonds. The minimum absolute atomic E-state index is 0.0175. The van der Waals surface area contributed by atoms with E-state index in [9.17, 15) is 19.8 Å². The molecule has 0 aliphatic heterocycles. The number of methoxy groups -OCH3 is 1. The second kappa shape index (κ2) is 6.60. The van der Waals surface area contributed by atoms with Gasteiger partial charge < -0.3 is 20.1 Å². The van der Waals surface area contributed by atoms with Gasteiger partial charge in [-0.15, -0.1) is 0 Å². The first-order valence-corrected chi connectivity index (χ1v) is 7.44. The van der Waals surface area contributed by atoms with Crippen molar-refractivity contribution in [2.75, 3.05) is 7.11 Å². The molecule has 0 saturated carbocycles. The number of rotatable bonds is 4. The summed E-state index contributed by atoms with van der Waals surface area (Å²) in [6.45, 7) is 0. The summed E-state index contributed by atoms with van der Waals surface area (Å²) in [5, 5.41) is 32.6. The van der Waals surface area contributed by atoms with Crippen molar-refractivity contribution in [3.63, 3.8) is 0 Å². The van der Waals surface area contributed by atoms with Crippen molar-refractivity contribution in [2.45, 2.75) is 0 Å². The van der Waals surface area contributed by atoms with E-state index in [1.165, 1.54) is 19.2 Å². The molecule has 3 N–H and O–H groups in total. The number of hydrogen-bond donors (Lipinski definition) is 3. The van der Waals surface area contributed by atoms with E-state index in [4.69, 9.17) is 9.84 Å². The Bertz CT molecular complexity index is 1060. The van der Waals surface area contributed by atoms with Crippen LogP contribution >= 0.6 is 0 Å². The highest BCUT2D eigenvalue weighted by atomic mass is 16.5. The SMILES string of the molecule is COc1cc(O)cc(-c2ccccc2-n2cc(O)c(=O)c(C(=O)O)n2)c1. The number of nitrogens with zero attached hydrogens (tertiary/aromatic N) is 2. The molecule has 132 valence electrons. The maximum Gasteiger partial charge on any atom is 0.360 e. The summed E-state index contributed by atoms with van der Waals surface area (Å²) in [4.78, 5) is 22.9. The van der Waals surface area contributed by atoms with Crippen LogP contribution in [0.3, 0.4) is 0 Å². The number of phenolic OH excluding ortho intramolecular Hbond substituents is 1. The van der Waals surface area contributed by atoms with Crippen LogP contribution in [-0.4, -0.2) is 38.2 Å². The van der Waals surface area contributed by atoms with Crippen LogP contribution in [0.2, 0.25) is 0 Å². The van der Waals surface area contributed by atoms with Gasteiger partial charge in [-0.25, -0.2) is 9.48 Å². The Labute approximate surface area is 147 Å². The number of para-hydroxylation sites is 1. The Morgan fingerprint density at radius 1 is 1.15 bits per heavy atom. The zero-order valence-corrected chi connectivity index (χ0v) is 13.6. The average Bonchev–Trinajstić information content (AvgIpc) is 2.63. The lowest BCUT2D eigenvalue weighted by Gasteiger charge is -2.13. The molecule has 0 aliphatic rings. The molecule has 0 aliphatic carbocycles. The van der Waals surface area contributed by atoms with E-state index >= 15 is 0 Å². The van der Waals surface area contributed by atoms with Crippen molar-refractivity contribution in [3.8, 4) is 34.1 Å². The monoisotopic (exact) mass is 354 g/mol. The van der Waals surface area contributed by atoms with Gasteiger partial charge in [-0.1, -0.05) is 18.2 Å². The maximum absolute atomic E-state index is 11.7. The summed E-state index contributed by atoms with van der Waals surface area (Å²) in [5.74, 6) is -1.87. The zero-order chi connectivity index (χ0) is 18.8. The lowest BCUT2D eigenvalue weighted by molar-refractivity contribution is 0.0686. The number of carbonyl (C=O) groups is 1. The Morgan fingerprint density at radius 2 is 1.88 bits per heavy atom. The fraction of sp³-hybridized carbons (Fsp3) is 0.0556. The Balaban J connectivity index is 2.25. The van der Waals surface area contributed by atoms with E-state index in [1.807, 2.05) is 0 Å². The van der Waals surface area contributed by atoms with E-state index in [0.717, 1.165) is 10.9 Å². The maximum atomic E-state index is 11.7. The minimum Gasteiger partial charge on any atom is -0.508 e. The molecule has 8 nitrogen and oxygen atoms in total. The van der Waals surface area contributed by atoms with Gasteiger partial charge in [-0.2, -0.15) is 5.10 Å². The van der Waals surface area contributed by atoms with Crippen LogP contribution in [0, 0.1) is 0 Å². The number of aromatic carboxylic acids is 1. The quantitative estimate of drug-likeness (QED) is 0.655. The number of hydrogen-bond acceptors (Lipinski definition) is 6. The third-order valence-electron chi connectivity index (χ3n) is 3.69. The van der Waals surface area contributed by atoms with Gasteiger partial charge in [0, 0.05) is 11.6 Å². The Hall–Kier alpha value is -3.81. The molecular formula is C18H14N2O6. The second-order valence-corrected chi connectivity index (χ2v) is 5.38. The van der Waals surface area contributed by atoms with Gasteiger partial charge in [0.2, 0.25) is 5.69 Å². The van der Waals surface area contributed by atoms with Gasteiger partial charge in [0.05, 0.1) is 19.0 Å². The van der Waals surface area contributed by atoms with Gasteiger partial charge in [0.25, 0.3) is 5.43 Å². The van der Waals surface area contributed by atoms with Crippen LogP contribution in [0.15, 0.2) is 53.5 Å². The van der Waals surface area contributed by atoms with Crippen LogP contribution in [0.1, 0.15) is 10.5 Å². The summed E-state index contributed by atoms with van der Waals surface area (Å²) >= 11 is 0. The van der Waals surface area contributed by atoms with E-state index in [2.05, 4.69) is 5.10 Å². The molecule has 8 heteroatoms. The lowest BCUT2D eigenvalue weighted by Crippen LogP contribution is -2.21. The zero-order valence-electron chi connectivity index (χ0n) is 13.6. The fourth-order valence-corrected chi connectivity index (χ4v) is 2.52. The van der Waals surface area contributed by atoms with Crippen LogP contribution in [0.25, 0.3) is 16.8 Å². The van der Waals surface area contributed by atoms with Crippen LogP contribution in [0.5, 0.6) is 17.2 Å². The molecule has 0 radical (unpaired) electrons. The van der Waals surface area contributed by atoms with Crippen molar-refractivity contribution in [1.29, 1.82) is 0 Å². The molecule has 0 saturated heterocycles. The van der Waals surface area contributed by atoms with Crippen LogP contribution in [0.4, 0.5) is 0 Å². The number of aromatic hydroxyl groups is 2. The fourth-order valence-electron chi connectivity index (χ4n) is 2.52. The molecule has 26 heavy (non-hydrogen) atoms. The van der Waals surface area contributed by atoms with Gasteiger partial charge in [0.1, 0.15) is 11.5 Å². The normalized spacial score (nSPS) is 10.5. The largest absolute Gasteiger partial charge is 0.508 e. The van der Waals surface area contributed by atoms with Gasteiger partial charge in [-0.05, 0) is 23.8 Å². The summed E-state index contributed by atoms with van der Waals surface area (Å²) < 4.78 is 6.25. The summed E-state index contributed by atoms with van der Waals surface area (Å²) in [5.41, 5.74) is -0.306. The van der Waals surface area contributed by atoms with Crippen molar-refractivity contribution in [2.24, 2.45) is 0 Å². The van der Waals surface area contributed by atoms with Crippen LogP contribution in [-0.2, 0) is 0 Å². The number of carboxylic acids is 1. The number of benzene rings is 2. The Morgan fingerprint density at radius 3 is 2.58 bits per heavy atom. The van der Waals surface area contributed by atoms with Gasteiger partial charge in [0.15, 0.2) is 5.75 Å². The van der Waals surface area contributed by atoms with Crippen molar-refractivity contribution in [1.82, 2.24) is 9.78 Å². The standard InChI is InChI=1S/C18H14N2O6/c1-26-12-7-10(6-11(21)8-12)13-4-2-3-5-14(13)20-9-15(22)17(23)16(19-20)18(24)25/h2-9,21-22H,1H3,(H,24,25). The summed E-state index contributed by atoms with van der Waals surface area (Å²) in [6.07, 6.45) is 1.04. The topological polar surface area (TPSA) is 122 Å². The lowest BCUT2D eigenvalue weighted by atomic mass is 10.0. The van der Waals surface area contributed by atoms with Gasteiger partial charge in [-0.3, -0.25) is 4.79 Å². The molecule has 0 unspecified atom stereocenters. The molecule has 1 heterocycles. The number of aromatic nitrogens is 2. The third-order valence-corrected chi connectivity index (χ3v) is 3.69. The summed E-state index contributed by atoms with van der Waals surface area (Å²) in [6, 6.07) is 11.4. The molecule has 3 aromatic rings. The highest BCUT2D eigenvalue weighted by molar-refractivity contribution is 5.85. The number of carboxylic acid groups (broad SMARTS) is 1. The smallest absolute Gasteiger partial charge is 0.360 e. The predicted molar refractivity (Wildman–Crippen MR) is 92.1 cm³/mol. The molecule has 0 spiro atoms. The van der Waals surface area contributed by atoms with E-state index < -0.39 is 22.8 Å². The Kier molecular flexibility index (Phi) is 4.32. The first-order chi connectivity index (χ1) is 12.4. The highest BCUT2D eigenvalue weighted by Crippen LogP contribution is 2.32. The van der Waals surface area contributed by atoms with Crippen LogP contribution < -0.4 is 10.2 Å². The highest BCUT2D eigenvalue weighted by Gasteiger charge is 2.17. The molecule has 0 bridgehead atoms. The van der Waals surface area contributed by atoms with E-state index in [-0.39, 0.29) is 5.75 Å². The first-order valence-electron chi connectivity index (χ1n) is 7.44. The summed E-state index contributed by atoms with van der Waals surface area (Å²) in [7, 11) is 1.46. The van der Waals surface area contributed by atoms with Crippen molar-refractivity contribution >= 4 is 5.97 Å². The number of phenols is 1. The predicted octanol–water partition coefficient (Wildman–Crippen LogP) is 2.02. The molecule has 2 aromatic carbocycles. The first kappa shape index (κ1) is 17.0. The molecule has 1 aromatic heterocycles. The molecule has 0 fully saturated rings. The van der Waals surface area contributed by atoms with E-state index in [0.29, 0.717) is 22.6 Å². The van der Waals surface area contributed by atoms with Crippen molar-refractivity contribution in [3.05, 3.63) is 64.6 Å². The average molecular weight is 354 g/mol.